The fourth-order valence-electron chi connectivity index (χ4n) is 4.71. The maximum absolute atomic E-state index is 13.7. The Morgan fingerprint density at radius 2 is 1.88 bits per heavy atom. The third-order valence-corrected chi connectivity index (χ3v) is 6.62. The van der Waals surface area contributed by atoms with Gasteiger partial charge in [-0.05, 0) is 42.3 Å². The first-order chi connectivity index (χ1) is 16.5. The van der Waals surface area contributed by atoms with Crippen LogP contribution in [0.25, 0.3) is 0 Å². The van der Waals surface area contributed by atoms with E-state index in [0.717, 1.165) is 60.1 Å². The van der Waals surface area contributed by atoms with E-state index in [9.17, 15) is 9.59 Å². The smallest absolute Gasteiger partial charge is 0.258 e. The molecule has 2 aliphatic rings. The molecule has 1 amide bonds. The molecule has 34 heavy (non-hydrogen) atoms. The van der Waals surface area contributed by atoms with Crippen molar-refractivity contribution in [1.82, 2.24) is 20.0 Å². The number of anilines is 3. The van der Waals surface area contributed by atoms with Gasteiger partial charge >= 0.3 is 0 Å². The molecular formula is C26H30N6O2. The van der Waals surface area contributed by atoms with Crippen LogP contribution in [0.3, 0.4) is 0 Å². The number of benzene rings is 2. The predicted octanol–water partition coefficient (Wildman–Crippen LogP) is 2.65. The zero-order chi connectivity index (χ0) is 23.7. The van der Waals surface area contributed by atoms with Crippen LogP contribution in [-0.4, -0.2) is 59.1 Å². The second-order valence-corrected chi connectivity index (χ2v) is 9.06. The van der Waals surface area contributed by atoms with Crippen LogP contribution in [0.15, 0.2) is 48.7 Å². The van der Waals surface area contributed by atoms with E-state index in [2.05, 4.69) is 20.6 Å². The highest BCUT2D eigenvalue weighted by atomic mass is 16.2. The van der Waals surface area contributed by atoms with Crippen molar-refractivity contribution in [2.75, 3.05) is 42.9 Å². The molecule has 8 heteroatoms. The van der Waals surface area contributed by atoms with E-state index in [1.54, 1.807) is 15.8 Å². The van der Waals surface area contributed by atoms with Crippen LogP contribution in [0.5, 0.6) is 0 Å². The summed E-state index contributed by atoms with van der Waals surface area (Å²) in [5, 5.41) is 11.1. The Hall–Kier alpha value is -3.49. The van der Waals surface area contributed by atoms with Gasteiger partial charge in [0.1, 0.15) is 5.82 Å². The minimum Gasteiger partial charge on any atom is -0.338 e. The second kappa shape index (κ2) is 9.40. The summed E-state index contributed by atoms with van der Waals surface area (Å²) in [6, 6.07) is 13.5. The summed E-state index contributed by atoms with van der Waals surface area (Å²) in [7, 11) is 1.89. The van der Waals surface area contributed by atoms with Crippen LogP contribution in [0.4, 0.5) is 17.2 Å². The number of fused-ring (bicyclic) bond motifs is 2. The van der Waals surface area contributed by atoms with Gasteiger partial charge in [-0.2, -0.15) is 5.10 Å². The Kier molecular flexibility index (Phi) is 6.17. The molecule has 1 fully saturated rings. The number of carbonyl (C=O) groups is 2. The van der Waals surface area contributed by atoms with E-state index < -0.39 is 0 Å². The Morgan fingerprint density at radius 3 is 2.68 bits per heavy atom. The molecule has 0 atom stereocenters. The van der Waals surface area contributed by atoms with Crippen molar-refractivity contribution in [2.24, 2.45) is 7.05 Å². The van der Waals surface area contributed by atoms with E-state index in [1.165, 1.54) is 0 Å². The summed E-state index contributed by atoms with van der Waals surface area (Å²) in [4.78, 5) is 30.3. The number of ketones is 1. The van der Waals surface area contributed by atoms with Crippen LogP contribution in [0, 0.1) is 6.92 Å². The molecule has 2 aromatic carbocycles. The number of amides is 1. The molecule has 3 aromatic rings. The molecule has 176 valence electrons. The van der Waals surface area contributed by atoms with E-state index in [0.29, 0.717) is 25.1 Å². The third-order valence-electron chi connectivity index (χ3n) is 6.62. The van der Waals surface area contributed by atoms with Crippen molar-refractivity contribution < 1.29 is 9.59 Å². The summed E-state index contributed by atoms with van der Waals surface area (Å²) in [6.07, 6.45) is 2.19. The highest BCUT2D eigenvalue weighted by molar-refractivity contribution is 6.08. The Balaban J connectivity index is 1.36. The third kappa shape index (κ3) is 4.47. The number of carbonyl (C=O) groups excluding carboxylic acids is 2. The van der Waals surface area contributed by atoms with E-state index >= 15 is 0 Å². The molecule has 0 spiro atoms. The number of hydrogen-bond acceptors (Lipinski definition) is 6. The molecule has 3 heterocycles. The first-order valence-electron chi connectivity index (χ1n) is 11.7. The van der Waals surface area contributed by atoms with Gasteiger partial charge in [0.25, 0.3) is 5.91 Å². The lowest BCUT2D eigenvalue weighted by Gasteiger charge is -2.26. The highest BCUT2D eigenvalue weighted by Crippen LogP contribution is 2.36. The number of rotatable bonds is 5. The van der Waals surface area contributed by atoms with Gasteiger partial charge in [0, 0.05) is 50.8 Å². The normalized spacial score (nSPS) is 15.8. The summed E-state index contributed by atoms with van der Waals surface area (Å²) < 4.78 is 1.79. The van der Waals surface area contributed by atoms with E-state index in [1.807, 2.05) is 56.4 Å². The lowest BCUT2D eigenvalue weighted by atomic mass is 9.99. The molecule has 5 rings (SSSR count). The van der Waals surface area contributed by atoms with Gasteiger partial charge in [-0.3, -0.25) is 19.2 Å². The molecule has 8 nitrogen and oxygen atoms in total. The number of Topliss-reactive ketones (excluding diaryl/α,β-unsaturated/α-hetero) is 1. The average molecular weight is 459 g/mol. The number of aryl methyl sites for hydroxylation is 2. The van der Waals surface area contributed by atoms with Crippen molar-refractivity contribution in [3.63, 3.8) is 0 Å². The largest absolute Gasteiger partial charge is 0.338 e. The first-order valence-corrected chi connectivity index (χ1v) is 11.7. The lowest BCUT2D eigenvalue weighted by Crippen LogP contribution is -2.45. The SMILES string of the molecule is Cc1cc(C(=O)N2Cc3cnn(C)c3Nc3ccccc32)ccc1CC(=O)CN1CCNCC1. The maximum Gasteiger partial charge on any atom is 0.258 e. The zero-order valence-electron chi connectivity index (χ0n) is 19.7. The Morgan fingerprint density at radius 1 is 1.09 bits per heavy atom. The van der Waals surface area contributed by atoms with Crippen LogP contribution >= 0.6 is 0 Å². The van der Waals surface area contributed by atoms with Crippen LogP contribution < -0.4 is 15.5 Å². The summed E-state index contributed by atoms with van der Waals surface area (Å²) in [5.74, 6) is 1.02. The van der Waals surface area contributed by atoms with Gasteiger partial charge in [0.15, 0.2) is 5.78 Å². The van der Waals surface area contributed by atoms with Crippen LogP contribution in [0.1, 0.15) is 27.0 Å². The molecule has 0 radical (unpaired) electrons. The molecule has 2 N–H and O–H groups in total. The fraction of sp³-hybridized carbons (Fsp3) is 0.346. The van der Waals surface area contributed by atoms with Crippen LogP contribution in [0.2, 0.25) is 0 Å². The predicted molar refractivity (Wildman–Crippen MR) is 133 cm³/mol. The first kappa shape index (κ1) is 22.3. The lowest BCUT2D eigenvalue weighted by molar-refractivity contribution is -0.119. The monoisotopic (exact) mass is 458 g/mol. The summed E-state index contributed by atoms with van der Waals surface area (Å²) in [5.41, 5.74) is 5.20. The molecule has 0 bridgehead atoms. The molecule has 0 unspecified atom stereocenters. The molecule has 1 saturated heterocycles. The van der Waals surface area contributed by atoms with E-state index in [-0.39, 0.29) is 11.7 Å². The van der Waals surface area contributed by atoms with Crippen molar-refractivity contribution >= 4 is 28.9 Å². The van der Waals surface area contributed by atoms with Gasteiger partial charge in [0.2, 0.25) is 0 Å². The minimum atomic E-state index is -0.0762. The number of piperazine rings is 1. The molecular weight excluding hydrogens is 428 g/mol. The van der Waals surface area contributed by atoms with Crippen molar-refractivity contribution in [1.29, 1.82) is 0 Å². The van der Waals surface area contributed by atoms with E-state index in [4.69, 9.17) is 0 Å². The fourth-order valence-corrected chi connectivity index (χ4v) is 4.71. The Labute approximate surface area is 199 Å². The zero-order valence-corrected chi connectivity index (χ0v) is 19.7. The maximum atomic E-state index is 13.7. The van der Waals surface area contributed by atoms with Crippen molar-refractivity contribution in [3.8, 4) is 0 Å². The number of aromatic nitrogens is 2. The Bertz CT molecular complexity index is 1230. The number of nitrogens with zero attached hydrogens (tertiary/aromatic N) is 4. The van der Waals surface area contributed by atoms with Gasteiger partial charge in [-0.15, -0.1) is 0 Å². The number of para-hydroxylation sites is 2. The standard InChI is InChI=1S/C26H30N6O2/c1-18-13-20(8-7-19(18)14-22(33)17-31-11-9-27-10-12-31)26(34)32-16-21-15-28-30(2)25(21)29-23-5-3-4-6-24(23)32/h3-8,13,15,27,29H,9-12,14,16-17H2,1-2H3. The average Bonchev–Trinajstić information content (AvgIpc) is 3.08. The van der Waals surface area contributed by atoms with Crippen LogP contribution in [-0.2, 0) is 24.8 Å². The van der Waals surface area contributed by atoms with Crippen molar-refractivity contribution in [2.45, 2.75) is 19.9 Å². The van der Waals surface area contributed by atoms with Gasteiger partial charge in [-0.25, -0.2) is 0 Å². The van der Waals surface area contributed by atoms with Gasteiger partial charge in [0.05, 0.1) is 30.7 Å². The van der Waals surface area contributed by atoms with Gasteiger partial charge < -0.3 is 15.5 Å². The number of nitrogens with one attached hydrogen (secondary N) is 2. The summed E-state index contributed by atoms with van der Waals surface area (Å²) in [6.45, 7) is 6.55. The molecule has 0 saturated carbocycles. The molecule has 1 aromatic heterocycles. The second-order valence-electron chi connectivity index (χ2n) is 9.06. The quantitative estimate of drug-likeness (QED) is 0.612. The summed E-state index contributed by atoms with van der Waals surface area (Å²) >= 11 is 0. The topological polar surface area (TPSA) is 82.5 Å². The van der Waals surface area contributed by atoms with Gasteiger partial charge in [-0.1, -0.05) is 18.2 Å². The van der Waals surface area contributed by atoms with Crippen molar-refractivity contribution in [3.05, 3.63) is 70.9 Å². The number of hydrogen-bond donors (Lipinski definition) is 2. The minimum absolute atomic E-state index is 0.0762. The highest BCUT2D eigenvalue weighted by Gasteiger charge is 2.27. The molecule has 2 aliphatic heterocycles. The molecule has 0 aliphatic carbocycles.